The van der Waals surface area contributed by atoms with Crippen LogP contribution in [0, 0.1) is 5.92 Å². The summed E-state index contributed by atoms with van der Waals surface area (Å²) in [5, 5.41) is 16.2. The molecule has 1 aromatic heterocycles. The van der Waals surface area contributed by atoms with E-state index in [2.05, 4.69) is 34.4 Å². The second kappa shape index (κ2) is 5.86. The highest BCUT2D eigenvalue weighted by Crippen LogP contribution is 2.18. The molecular weight excluding hydrogens is 230 g/mol. The van der Waals surface area contributed by atoms with Crippen molar-refractivity contribution in [2.24, 2.45) is 5.92 Å². The first-order valence-corrected chi connectivity index (χ1v) is 6.11. The Hall–Kier alpha value is -1.56. The van der Waals surface area contributed by atoms with Gasteiger partial charge in [0, 0.05) is 19.7 Å². The average molecular weight is 253 g/mol. The Morgan fingerprint density at radius 3 is 2.56 bits per heavy atom. The van der Waals surface area contributed by atoms with E-state index >= 15 is 0 Å². The lowest BCUT2D eigenvalue weighted by atomic mass is 9.94. The van der Waals surface area contributed by atoms with Crippen LogP contribution in [-0.4, -0.2) is 34.3 Å². The van der Waals surface area contributed by atoms with Crippen LogP contribution in [0.4, 0.5) is 17.6 Å². The molecule has 18 heavy (non-hydrogen) atoms. The SMILES string of the molecule is CNc1cc(NCC(C)(O)CC(C)C)nc(N)n1. The van der Waals surface area contributed by atoms with Crippen LogP contribution in [0.3, 0.4) is 0 Å². The van der Waals surface area contributed by atoms with Crippen LogP contribution in [-0.2, 0) is 0 Å². The number of anilines is 3. The van der Waals surface area contributed by atoms with Crippen LogP contribution in [0.25, 0.3) is 0 Å². The van der Waals surface area contributed by atoms with E-state index in [-0.39, 0.29) is 5.95 Å². The zero-order valence-corrected chi connectivity index (χ0v) is 11.5. The van der Waals surface area contributed by atoms with Gasteiger partial charge in [-0.2, -0.15) is 9.97 Å². The molecular formula is C12H23N5O. The second-order valence-corrected chi connectivity index (χ2v) is 5.20. The molecule has 6 heteroatoms. The smallest absolute Gasteiger partial charge is 0.223 e. The second-order valence-electron chi connectivity index (χ2n) is 5.20. The van der Waals surface area contributed by atoms with Gasteiger partial charge in [-0.15, -0.1) is 0 Å². The number of nitrogens with zero attached hydrogens (tertiary/aromatic N) is 2. The highest BCUT2D eigenvalue weighted by Gasteiger charge is 2.21. The van der Waals surface area contributed by atoms with Gasteiger partial charge in [-0.1, -0.05) is 13.8 Å². The van der Waals surface area contributed by atoms with Crippen molar-refractivity contribution in [3.8, 4) is 0 Å². The standard InChI is InChI=1S/C12H23N5O/c1-8(2)6-12(3,18)7-15-10-5-9(14-4)16-11(13)17-10/h5,8,18H,6-7H2,1-4H3,(H4,13,14,15,16,17). The highest BCUT2D eigenvalue weighted by molar-refractivity contribution is 5.50. The third-order valence-corrected chi connectivity index (χ3v) is 2.50. The predicted octanol–water partition coefficient (Wildman–Crippen LogP) is 1.31. The summed E-state index contributed by atoms with van der Waals surface area (Å²) >= 11 is 0. The number of hydrogen-bond donors (Lipinski definition) is 4. The molecule has 0 spiro atoms. The summed E-state index contributed by atoms with van der Waals surface area (Å²) in [5.41, 5.74) is 4.82. The molecule has 0 aliphatic carbocycles. The Balaban J connectivity index is 2.65. The van der Waals surface area contributed by atoms with E-state index in [1.54, 1.807) is 13.1 Å². The van der Waals surface area contributed by atoms with E-state index in [0.717, 1.165) is 6.42 Å². The zero-order chi connectivity index (χ0) is 13.8. The Morgan fingerprint density at radius 2 is 2.00 bits per heavy atom. The van der Waals surface area contributed by atoms with Crippen LogP contribution >= 0.6 is 0 Å². The van der Waals surface area contributed by atoms with Crippen LogP contribution in [0.2, 0.25) is 0 Å². The van der Waals surface area contributed by atoms with E-state index in [4.69, 9.17) is 5.73 Å². The van der Waals surface area contributed by atoms with Gasteiger partial charge in [0.1, 0.15) is 11.6 Å². The fraction of sp³-hybridized carbons (Fsp3) is 0.667. The third kappa shape index (κ3) is 4.75. The lowest BCUT2D eigenvalue weighted by molar-refractivity contribution is 0.0515. The maximum Gasteiger partial charge on any atom is 0.223 e. The molecule has 1 rings (SSSR count). The molecule has 5 N–H and O–H groups in total. The van der Waals surface area contributed by atoms with Crippen molar-refractivity contribution >= 4 is 17.6 Å². The Morgan fingerprint density at radius 1 is 1.39 bits per heavy atom. The summed E-state index contributed by atoms with van der Waals surface area (Å²) in [6, 6.07) is 1.75. The van der Waals surface area contributed by atoms with Crippen LogP contribution in [0.1, 0.15) is 27.2 Å². The minimum atomic E-state index is -0.770. The van der Waals surface area contributed by atoms with Crippen molar-refractivity contribution in [3.63, 3.8) is 0 Å². The summed E-state index contributed by atoms with van der Waals surface area (Å²) < 4.78 is 0. The number of aliphatic hydroxyl groups is 1. The van der Waals surface area contributed by atoms with Crippen molar-refractivity contribution in [1.82, 2.24) is 9.97 Å². The molecule has 0 fully saturated rings. The fourth-order valence-corrected chi connectivity index (χ4v) is 1.92. The number of nitrogens with one attached hydrogen (secondary N) is 2. The first kappa shape index (κ1) is 14.5. The van der Waals surface area contributed by atoms with Gasteiger partial charge >= 0.3 is 0 Å². The zero-order valence-electron chi connectivity index (χ0n) is 11.5. The fourth-order valence-electron chi connectivity index (χ4n) is 1.92. The van der Waals surface area contributed by atoms with Crippen LogP contribution in [0.15, 0.2) is 6.07 Å². The molecule has 1 aromatic rings. The molecule has 0 bridgehead atoms. The quantitative estimate of drug-likeness (QED) is 0.610. The lowest BCUT2D eigenvalue weighted by Crippen LogP contribution is -2.35. The number of hydrogen-bond acceptors (Lipinski definition) is 6. The predicted molar refractivity (Wildman–Crippen MR) is 74.6 cm³/mol. The normalized spacial score (nSPS) is 14.3. The molecule has 1 atom stereocenters. The molecule has 0 amide bonds. The summed E-state index contributed by atoms with van der Waals surface area (Å²) in [5.74, 6) is 1.89. The number of aromatic nitrogens is 2. The summed E-state index contributed by atoms with van der Waals surface area (Å²) in [6.45, 7) is 6.39. The van der Waals surface area contributed by atoms with E-state index < -0.39 is 5.60 Å². The molecule has 0 aliphatic heterocycles. The van der Waals surface area contributed by atoms with E-state index in [9.17, 15) is 5.11 Å². The molecule has 0 radical (unpaired) electrons. The van der Waals surface area contributed by atoms with Gasteiger partial charge in [0.25, 0.3) is 0 Å². The average Bonchev–Trinajstić information content (AvgIpc) is 2.24. The van der Waals surface area contributed by atoms with Crippen molar-refractivity contribution in [3.05, 3.63) is 6.07 Å². The monoisotopic (exact) mass is 253 g/mol. The van der Waals surface area contributed by atoms with Gasteiger partial charge in [0.2, 0.25) is 5.95 Å². The van der Waals surface area contributed by atoms with Gasteiger partial charge in [-0.25, -0.2) is 0 Å². The Kier molecular flexibility index (Phi) is 4.72. The van der Waals surface area contributed by atoms with Crippen LogP contribution in [0.5, 0.6) is 0 Å². The van der Waals surface area contributed by atoms with Crippen molar-refractivity contribution in [1.29, 1.82) is 0 Å². The van der Waals surface area contributed by atoms with E-state index in [0.29, 0.717) is 24.1 Å². The van der Waals surface area contributed by atoms with E-state index in [1.165, 1.54) is 0 Å². The summed E-state index contributed by atoms with van der Waals surface area (Å²) in [4.78, 5) is 8.07. The molecule has 102 valence electrons. The van der Waals surface area contributed by atoms with Crippen molar-refractivity contribution in [2.45, 2.75) is 32.8 Å². The third-order valence-electron chi connectivity index (χ3n) is 2.50. The lowest BCUT2D eigenvalue weighted by Gasteiger charge is -2.25. The first-order chi connectivity index (χ1) is 8.32. The first-order valence-electron chi connectivity index (χ1n) is 6.11. The van der Waals surface area contributed by atoms with Crippen LogP contribution < -0.4 is 16.4 Å². The number of rotatable bonds is 6. The summed E-state index contributed by atoms with van der Waals surface area (Å²) in [7, 11) is 1.76. The molecule has 0 aliphatic rings. The largest absolute Gasteiger partial charge is 0.388 e. The van der Waals surface area contributed by atoms with Gasteiger partial charge < -0.3 is 21.5 Å². The number of nitrogen functional groups attached to an aromatic ring is 1. The molecule has 0 saturated heterocycles. The minimum Gasteiger partial charge on any atom is -0.388 e. The molecule has 6 nitrogen and oxygen atoms in total. The maximum absolute atomic E-state index is 10.2. The molecule has 1 heterocycles. The van der Waals surface area contributed by atoms with Gasteiger partial charge in [-0.3, -0.25) is 0 Å². The van der Waals surface area contributed by atoms with Gasteiger partial charge in [0.05, 0.1) is 5.60 Å². The molecule has 0 aromatic carbocycles. The van der Waals surface area contributed by atoms with Crippen molar-refractivity contribution < 1.29 is 5.11 Å². The maximum atomic E-state index is 10.2. The molecule has 0 saturated carbocycles. The Labute approximate surface area is 108 Å². The van der Waals surface area contributed by atoms with Crippen molar-refractivity contribution in [2.75, 3.05) is 30.0 Å². The minimum absolute atomic E-state index is 0.202. The highest BCUT2D eigenvalue weighted by atomic mass is 16.3. The summed E-state index contributed by atoms with van der Waals surface area (Å²) in [6.07, 6.45) is 0.722. The molecule has 1 unspecified atom stereocenters. The van der Waals surface area contributed by atoms with Gasteiger partial charge in [-0.05, 0) is 19.3 Å². The Bertz CT molecular complexity index is 392. The number of nitrogens with two attached hydrogens (primary N) is 1. The van der Waals surface area contributed by atoms with E-state index in [1.807, 2.05) is 6.92 Å². The topological polar surface area (TPSA) is 96.1 Å². The van der Waals surface area contributed by atoms with Gasteiger partial charge in [0.15, 0.2) is 0 Å².